The molecule has 0 aliphatic carbocycles. The number of hydrogen-bond acceptors (Lipinski definition) is 8. The van der Waals surface area contributed by atoms with Crippen LogP contribution in [0.1, 0.15) is 33.1 Å². The zero-order valence-electron chi connectivity index (χ0n) is 21.2. The van der Waals surface area contributed by atoms with Gasteiger partial charge in [0.1, 0.15) is 23.8 Å². The van der Waals surface area contributed by atoms with Gasteiger partial charge >= 0.3 is 5.97 Å². The molecule has 3 aliphatic heterocycles. The molecule has 3 saturated heterocycles. The molecule has 11 heteroatoms. The third kappa shape index (κ3) is 3.83. The van der Waals surface area contributed by atoms with Crippen LogP contribution in [0.15, 0.2) is 36.9 Å². The Balaban J connectivity index is 1.55. The highest BCUT2D eigenvalue weighted by atomic mass is 16.6. The number of fused-ring (bicyclic) bond motifs is 2. The molecule has 6 atom stereocenters. The third-order valence-electron chi connectivity index (χ3n) is 7.99. The van der Waals surface area contributed by atoms with Crippen LogP contribution in [-0.4, -0.2) is 91.2 Å². The Kier molecular flexibility index (Phi) is 6.76. The SMILES string of the molecule is C=CCN(Cn1nnc2ccccc21)C(=O)[C@@H]1N([C@@H](CC)CO)C(=O)[C@H]2[C@H](C(=O)OCC)[C@@H]3CC[C@]12O3. The van der Waals surface area contributed by atoms with Crippen molar-refractivity contribution in [2.24, 2.45) is 11.8 Å². The quantitative estimate of drug-likeness (QED) is 0.371. The predicted molar refractivity (Wildman–Crippen MR) is 132 cm³/mol. The second-order valence-electron chi connectivity index (χ2n) is 9.87. The summed E-state index contributed by atoms with van der Waals surface area (Å²) in [5.41, 5.74) is 0.302. The van der Waals surface area contributed by atoms with Crippen molar-refractivity contribution >= 4 is 28.8 Å². The van der Waals surface area contributed by atoms with Gasteiger partial charge in [-0.05, 0) is 38.3 Å². The van der Waals surface area contributed by atoms with Gasteiger partial charge < -0.3 is 24.4 Å². The molecule has 5 rings (SSSR count). The first-order valence-corrected chi connectivity index (χ1v) is 12.9. The predicted octanol–water partition coefficient (Wildman–Crippen LogP) is 1.11. The number of likely N-dealkylation sites (tertiary alicyclic amines) is 1. The average molecular weight is 512 g/mol. The fourth-order valence-corrected chi connectivity index (χ4v) is 6.41. The van der Waals surface area contributed by atoms with Crippen molar-refractivity contribution in [3.05, 3.63) is 36.9 Å². The molecule has 2 aromatic rings. The lowest BCUT2D eigenvalue weighted by Gasteiger charge is -2.39. The Morgan fingerprint density at radius 3 is 2.86 bits per heavy atom. The van der Waals surface area contributed by atoms with Gasteiger partial charge in [-0.15, -0.1) is 11.7 Å². The van der Waals surface area contributed by atoms with Crippen molar-refractivity contribution in [3.8, 4) is 0 Å². The number of nitrogens with zero attached hydrogens (tertiary/aromatic N) is 5. The summed E-state index contributed by atoms with van der Waals surface area (Å²) in [5.74, 6) is -2.77. The number of ether oxygens (including phenoxy) is 2. The van der Waals surface area contributed by atoms with Crippen molar-refractivity contribution in [2.75, 3.05) is 19.8 Å². The third-order valence-corrected chi connectivity index (χ3v) is 7.99. The van der Waals surface area contributed by atoms with E-state index in [-0.39, 0.29) is 38.2 Å². The van der Waals surface area contributed by atoms with Crippen LogP contribution in [-0.2, 0) is 30.5 Å². The standard InChI is InChI=1S/C26H33N5O6/c1-4-13-29(15-30-18-10-8-7-9-17(18)27-28-30)24(34)22-26-12-11-19(37-26)20(25(35)36-6-3)21(26)23(33)31(22)16(5-2)14-32/h4,7-10,16,19-22,32H,1,5-6,11-15H2,2-3H3/t16-,19-,20+,21+,22-,26+/m0/s1. The maximum atomic E-state index is 14.4. The summed E-state index contributed by atoms with van der Waals surface area (Å²) in [6, 6.07) is 5.86. The van der Waals surface area contributed by atoms with E-state index < -0.39 is 41.6 Å². The molecule has 2 bridgehead atoms. The molecule has 2 amide bonds. The molecule has 37 heavy (non-hydrogen) atoms. The van der Waals surface area contributed by atoms with E-state index in [4.69, 9.17) is 9.47 Å². The lowest BCUT2D eigenvalue weighted by Crippen LogP contribution is -2.58. The Bertz CT molecular complexity index is 1210. The van der Waals surface area contributed by atoms with E-state index in [1.165, 1.54) is 4.90 Å². The topological polar surface area (TPSA) is 127 Å². The molecule has 3 fully saturated rings. The maximum absolute atomic E-state index is 14.4. The van der Waals surface area contributed by atoms with Crippen LogP contribution < -0.4 is 0 Å². The van der Waals surface area contributed by atoms with Crippen LogP contribution in [0.4, 0.5) is 0 Å². The lowest BCUT2D eigenvalue weighted by atomic mass is 9.70. The van der Waals surface area contributed by atoms with Gasteiger partial charge in [0.25, 0.3) is 0 Å². The second kappa shape index (κ2) is 9.86. The number of carbonyl (C=O) groups excluding carboxylic acids is 3. The van der Waals surface area contributed by atoms with E-state index in [1.807, 2.05) is 31.2 Å². The molecule has 1 spiro atoms. The Morgan fingerprint density at radius 2 is 2.16 bits per heavy atom. The Labute approximate surface area is 215 Å². The van der Waals surface area contributed by atoms with E-state index in [0.717, 1.165) is 5.52 Å². The largest absolute Gasteiger partial charge is 0.466 e. The van der Waals surface area contributed by atoms with Gasteiger partial charge in [-0.25, -0.2) is 4.68 Å². The molecule has 1 N–H and O–H groups in total. The van der Waals surface area contributed by atoms with Gasteiger partial charge in [0.05, 0.1) is 42.7 Å². The highest BCUT2D eigenvalue weighted by Gasteiger charge is 2.75. The number of benzene rings is 1. The smallest absolute Gasteiger partial charge is 0.312 e. The molecule has 1 aromatic heterocycles. The Hall–Kier alpha value is -3.31. The van der Waals surface area contributed by atoms with Gasteiger partial charge in [-0.2, -0.15) is 0 Å². The first-order chi connectivity index (χ1) is 17.9. The van der Waals surface area contributed by atoms with Crippen LogP contribution in [0.3, 0.4) is 0 Å². The molecule has 1 aromatic carbocycles. The van der Waals surface area contributed by atoms with Crippen molar-refractivity contribution < 1.29 is 29.0 Å². The first kappa shape index (κ1) is 25.3. The minimum atomic E-state index is -1.16. The van der Waals surface area contributed by atoms with Gasteiger partial charge in [-0.3, -0.25) is 14.4 Å². The Morgan fingerprint density at radius 1 is 1.38 bits per heavy atom. The number of amides is 2. The first-order valence-electron chi connectivity index (χ1n) is 12.9. The number of aliphatic hydroxyl groups is 1. The fourth-order valence-electron chi connectivity index (χ4n) is 6.41. The van der Waals surface area contributed by atoms with Crippen molar-refractivity contribution in [3.63, 3.8) is 0 Å². The monoisotopic (exact) mass is 511 g/mol. The molecule has 11 nitrogen and oxygen atoms in total. The number of aliphatic hydroxyl groups excluding tert-OH is 1. The van der Waals surface area contributed by atoms with Gasteiger partial charge in [0.15, 0.2) is 0 Å². The van der Waals surface area contributed by atoms with Gasteiger partial charge in [0.2, 0.25) is 11.8 Å². The number of para-hydroxylation sites is 1. The van der Waals surface area contributed by atoms with Crippen molar-refractivity contribution in [1.29, 1.82) is 0 Å². The summed E-state index contributed by atoms with van der Waals surface area (Å²) in [6.45, 7) is 7.56. The summed E-state index contributed by atoms with van der Waals surface area (Å²) in [7, 11) is 0. The van der Waals surface area contributed by atoms with E-state index in [2.05, 4.69) is 16.9 Å². The van der Waals surface area contributed by atoms with Crippen LogP contribution in [0.25, 0.3) is 11.0 Å². The van der Waals surface area contributed by atoms with E-state index in [1.54, 1.807) is 22.6 Å². The molecular weight excluding hydrogens is 478 g/mol. The van der Waals surface area contributed by atoms with Crippen molar-refractivity contribution in [2.45, 2.75) is 63.6 Å². The minimum absolute atomic E-state index is 0.0886. The summed E-state index contributed by atoms with van der Waals surface area (Å²) in [4.78, 5) is 44.3. The van der Waals surface area contributed by atoms with E-state index in [0.29, 0.717) is 24.8 Å². The molecule has 3 aliphatic rings. The maximum Gasteiger partial charge on any atom is 0.312 e. The zero-order chi connectivity index (χ0) is 26.3. The van der Waals surface area contributed by atoms with Crippen LogP contribution in [0.5, 0.6) is 0 Å². The minimum Gasteiger partial charge on any atom is -0.466 e. The highest BCUT2D eigenvalue weighted by molar-refractivity contribution is 5.98. The highest BCUT2D eigenvalue weighted by Crippen LogP contribution is 2.59. The van der Waals surface area contributed by atoms with Crippen LogP contribution in [0, 0.1) is 11.8 Å². The summed E-state index contributed by atoms with van der Waals surface area (Å²) >= 11 is 0. The number of aromatic nitrogens is 3. The van der Waals surface area contributed by atoms with E-state index >= 15 is 0 Å². The number of esters is 1. The lowest BCUT2D eigenvalue weighted by molar-refractivity contribution is -0.156. The summed E-state index contributed by atoms with van der Waals surface area (Å²) in [6.07, 6.45) is 2.59. The van der Waals surface area contributed by atoms with Gasteiger partial charge in [-0.1, -0.05) is 30.3 Å². The normalized spacial score (nSPS) is 28.9. The number of hydrogen-bond donors (Lipinski definition) is 1. The zero-order valence-corrected chi connectivity index (χ0v) is 21.2. The van der Waals surface area contributed by atoms with Gasteiger partial charge in [0, 0.05) is 6.54 Å². The molecule has 0 radical (unpaired) electrons. The molecule has 0 unspecified atom stereocenters. The number of rotatable bonds is 10. The average Bonchev–Trinajstić information content (AvgIpc) is 3.64. The molecule has 4 heterocycles. The van der Waals surface area contributed by atoms with Crippen LogP contribution in [0.2, 0.25) is 0 Å². The second-order valence-corrected chi connectivity index (χ2v) is 9.87. The molecule has 0 saturated carbocycles. The molecule has 198 valence electrons. The van der Waals surface area contributed by atoms with Crippen molar-refractivity contribution in [1.82, 2.24) is 24.8 Å². The number of carbonyl (C=O) groups is 3. The van der Waals surface area contributed by atoms with Crippen LogP contribution >= 0.6 is 0 Å². The fraction of sp³-hybridized carbons (Fsp3) is 0.577. The summed E-state index contributed by atoms with van der Waals surface area (Å²) in [5, 5.41) is 18.6. The summed E-state index contributed by atoms with van der Waals surface area (Å²) < 4.78 is 13.4. The van der Waals surface area contributed by atoms with E-state index in [9.17, 15) is 19.5 Å². The molecular formula is C26H33N5O6.